The van der Waals surface area contributed by atoms with E-state index in [9.17, 15) is 21.7 Å². The van der Waals surface area contributed by atoms with E-state index in [2.05, 4.69) is 40.5 Å². The van der Waals surface area contributed by atoms with Gasteiger partial charge in [-0.05, 0) is 72.1 Å². The van der Waals surface area contributed by atoms with Crippen LogP contribution in [0.1, 0.15) is 61.8 Å². The van der Waals surface area contributed by atoms with E-state index < -0.39 is 38.8 Å². The van der Waals surface area contributed by atoms with Gasteiger partial charge in [-0.15, -0.1) is 0 Å². The molecule has 4 N–H and O–H groups in total. The second-order valence-corrected chi connectivity index (χ2v) is 12.7. The van der Waals surface area contributed by atoms with Gasteiger partial charge >= 0.3 is 11.4 Å². The Kier molecular flexibility index (Phi) is 9.76. The molecule has 0 aliphatic heterocycles. The van der Waals surface area contributed by atoms with Gasteiger partial charge in [0.05, 0.1) is 11.4 Å². The largest absolute Gasteiger partial charge is 0.351 e. The Balaban J connectivity index is 1.43. The molecule has 2 fully saturated rings. The maximum atomic E-state index is 12.4. The van der Waals surface area contributed by atoms with Gasteiger partial charge in [0.2, 0.25) is 11.9 Å². The van der Waals surface area contributed by atoms with E-state index in [0.29, 0.717) is 60.9 Å². The van der Waals surface area contributed by atoms with Crippen molar-refractivity contribution in [1.29, 1.82) is 0 Å². The lowest BCUT2D eigenvalue weighted by Crippen LogP contribution is -2.41. The number of aryl methyl sites for hydroxylation is 4. The van der Waals surface area contributed by atoms with Crippen LogP contribution in [0.15, 0.2) is 12.2 Å². The predicted octanol–water partition coefficient (Wildman–Crippen LogP) is 2.49. The van der Waals surface area contributed by atoms with Crippen LogP contribution in [0.2, 0.25) is 0 Å². The van der Waals surface area contributed by atoms with Crippen molar-refractivity contribution in [3.8, 4) is 0 Å². The summed E-state index contributed by atoms with van der Waals surface area (Å²) in [7, 11) is -4.35. The molecule has 16 heteroatoms. The second kappa shape index (κ2) is 12.9. The Bertz CT molecular complexity index is 1320. The molecular formula is C24H36N8O6S2. The van der Waals surface area contributed by atoms with E-state index in [0.717, 1.165) is 6.42 Å². The van der Waals surface area contributed by atoms with E-state index in [1.165, 1.54) is 0 Å². The standard InChI is InChI=1S/C24H36N8O6S2/c1-13-25-14(2)28-23(27-13)31-19-9-7-17(21(11-19)38-39(33)34)5-6-18-8-10-20(12-22(18)40(35,36)37)32-24-29-15(3)26-16(4)30-24/h5-6,17-22H,7-12H2,1-4H3,(H,33,34)(H,35,36,37)(H,25,27,28,31)(H,26,29,30,32). The minimum absolute atomic E-state index is 0.0887. The molecule has 220 valence electrons. The molecule has 7 unspecified atom stereocenters. The van der Waals surface area contributed by atoms with Crippen LogP contribution in [0.3, 0.4) is 0 Å². The van der Waals surface area contributed by atoms with Crippen molar-refractivity contribution >= 4 is 33.4 Å². The zero-order valence-electron chi connectivity index (χ0n) is 22.9. The molecule has 0 aromatic carbocycles. The highest BCUT2D eigenvalue weighted by molar-refractivity contribution is 7.86. The number of nitrogens with zero attached hydrogens (tertiary/aromatic N) is 6. The zero-order chi connectivity index (χ0) is 29.0. The first kappa shape index (κ1) is 30.3. The van der Waals surface area contributed by atoms with E-state index in [4.69, 9.17) is 4.18 Å². The van der Waals surface area contributed by atoms with Crippen LogP contribution >= 0.6 is 0 Å². The molecule has 0 radical (unpaired) electrons. The lowest BCUT2D eigenvalue weighted by Gasteiger charge is -2.35. The van der Waals surface area contributed by atoms with Crippen molar-refractivity contribution in [2.45, 2.75) is 89.7 Å². The highest BCUT2D eigenvalue weighted by atomic mass is 32.2. The molecule has 2 aliphatic carbocycles. The van der Waals surface area contributed by atoms with Crippen LogP contribution in [0, 0.1) is 39.5 Å². The van der Waals surface area contributed by atoms with Gasteiger partial charge < -0.3 is 10.6 Å². The van der Waals surface area contributed by atoms with Gasteiger partial charge in [-0.25, -0.2) is 9.97 Å². The molecule has 0 amide bonds. The third kappa shape index (κ3) is 8.42. The molecule has 2 aromatic rings. The van der Waals surface area contributed by atoms with Crippen LogP contribution < -0.4 is 10.6 Å². The van der Waals surface area contributed by atoms with Crippen LogP contribution in [-0.2, 0) is 25.7 Å². The highest BCUT2D eigenvalue weighted by Gasteiger charge is 2.38. The molecule has 0 bridgehead atoms. The summed E-state index contributed by atoms with van der Waals surface area (Å²) in [6, 6.07) is -0.330. The third-order valence-electron chi connectivity index (χ3n) is 7.26. The molecule has 4 rings (SSSR count). The number of allylic oxidation sites excluding steroid dienone is 1. The molecule has 7 atom stereocenters. The smallest absolute Gasteiger partial charge is 0.302 e. The lowest BCUT2D eigenvalue weighted by molar-refractivity contribution is 0.114. The molecule has 2 saturated carbocycles. The Morgan fingerprint density at radius 3 is 1.70 bits per heavy atom. The van der Waals surface area contributed by atoms with Gasteiger partial charge in [0.15, 0.2) is 0 Å². The maximum Gasteiger partial charge on any atom is 0.302 e. The molecule has 14 nitrogen and oxygen atoms in total. The Hall–Kier alpha value is -2.66. The van der Waals surface area contributed by atoms with Gasteiger partial charge in [-0.3, -0.25) is 13.3 Å². The molecular weight excluding hydrogens is 560 g/mol. The normalized spacial score (nSPS) is 28.4. The number of anilines is 2. The lowest BCUT2D eigenvalue weighted by atomic mass is 9.80. The summed E-state index contributed by atoms with van der Waals surface area (Å²) in [6.45, 7) is 7.06. The summed E-state index contributed by atoms with van der Waals surface area (Å²) in [4.78, 5) is 25.5. The topological polar surface area (TPSA) is 202 Å². The SMILES string of the molecule is Cc1nc(C)nc(NC2CCC(C=CC3CCC(Nc4nc(C)nc(C)n4)CC3S(=O)(=O)O)C(OS(=O)O)C2)n1. The fourth-order valence-corrected chi connectivity index (χ4v) is 7.15. The van der Waals surface area contributed by atoms with Crippen molar-refractivity contribution in [2.24, 2.45) is 11.8 Å². The molecule has 2 heterocycles. The number of hydrogen-bond acceptors (Lipinski definition) is 12. The van der Waals surface area contributed by atoms with Crippen LogP contribution in [0.5, 0.6) is 0 Å². The van der Waals surface area contributed by atoms with Gasteiger partial charge in [0, 0.05) is 18.0 Å². The van der Waals surface area contributed by atoms with E-state index in [-0.39, 0.29) is 24.4 Å². The van der Waals surface area contributed by atoms with Crippen molar-refractivity contribution in [2.75, 3.05) is 10.6 Å². The summed E-state index contributed by atoms with van der Waals surface area (Å²) < 4.78 is 61.1. The molecule has 0 spiro atoms. The van der Waals surface area contributed by atoms with E-state index >= 15 is 0 Å². The molecule has 0 saturated heterocycles. The quantitative estimate of drug-likeness (QED) is 0.187. The van der Waals surface area contributed by atoms with Crippen LogP contribution in [-0.4, -0.2) is 75.1 Å². The Labute approximate surface area is 236 Å². The summed E-state index contributed by atoms with van der Waals surface area (Å²) in [6.07, 6.45) is 6.19. The van der Waals surface area contributed by atoms with Crippen molar-refractivity contribution in [1.82, 2.24) is 29.9 Å². The minimum atomic E-state index is -4.35. The van der Waals surface area contributed by atoms with Crippen molar-refractivity contribution < 1.29 is 25.9 Å². The molecule has 2 aliphatic rings. The van der Waals surface area contributed by atoms with Gasteiger partial charge in [-0.1, -0.05) is 12.2 Å². The number of aromatic nitrogens is 6. The summed E-state index contributed by atoms with van der Waals surface area (Å²) in [5, 5.41) is 5.44. The second-order valence-electron chi connectivity index (χ2n) is 10.4. The van der Waals surface area contributed by atoms with Gasteiger partial charge in [0.25, 0.3) is 10.1 Å². The number of rotatable bonds is 9. The highest BCUT2D eigenvalue weighted by Crippen LogP contribution is 2.35. The van der Waals surface area contributed by atoms with Crippen LogP contribution in [0.4, 0.5) is 11.9 Å². The summed E-state index contributed by atoms with van der Waals surface area (Å²) >= 11 is -2.47. The van der Waals surface area contributed by atoms with Crippen LogP contribution in [0.25, 0.3) is 0 Å². The average molecular weight is 597 g/mol. The molecule has 2 aromatic heterocycles. The zero-order valence-corrected chi connectivity index (χ0v) is 24.5. The summed E-state index contributed by atoms with van der Waals surface area (Å²) in [5.74, 6) is 2.47. The maximum absolute atomic E-state index is 12.4. The first-order valence-electron chi connectivity index (χ1n) is 13.2. The Morgan fingerprint density at radius 1 is 0.775 bits per heavy atom. The van der Waals surface area contributed by atoms with Gasteiger partial charge in [0.1, 0.15) is 23.3 Å². The fraction of sp³-hybridized carbons (Fsp3) is 0.667. The van der Waals surface area contributed by atoms with Gasteiger partial charge in [-0.2, -0.15) is 32.6 Å². The third-order valence-corrected chi connectivity index (χ3v) is 8.98. The Morgan fingerprint density at radius 2 is 1.23 bits per heavy atom. The van der Waals surface area contributed by atoms with E-state index in [1.807, 2.05) is 6.08 Å². The first-order chi connectivity index (χ1) is 18.9. The fourth-order valence-electron chi connectivity index (χ4n) is 5.58. The summed E-state index contributed by atoms with van der Waals surface area (Å²) in [5.41, 5.74) is 0. The van der Waals surface area contributed by atoms with E-state index in [1.54, 1.807) is 33.8 Å². The van der Waals surface area contributed by atoms with Crippen molar-refractivity contribution in [3.05, 3.63) is 35.4 Å². The number of hydrogen-bond donors (Lipinski definition) is 4. The molecule has 40 heavy (non-hydrogen) atoms. The predicted molar refractivity (Wildman–Crippen MR) is 148 cm³/mol. The monoisotopic (exact) mass is 596 g/mol. The van der Waals surface area contributed by atoms with Crippen molar-refractivity contribution in [3.63, 3.8) is 0 Å². The number of nitrogens with one attached hydrogen (secondary N) is 2. The average Bonchev–Trinajstić information content (AvgIpc) is 2.82. The first-order valence-corrected chi connectivity index (χ1v) is 15.7. The minimum Gasteiger partial charge on any atom is -0.351 e.